The zero-order valence-electron chi connectivity index (χ0n) is 9.92. The summed E-state index contributed by atoms with van der Waals surface area (Å²) in [4.78, 5) is 0. The number of aliphatic hydroxyl groups excluding tert-OH is 1. The fourth-order valence-electron chi connectivity index (χ4n) is 2.72. The van der Waals surface area contributed by atoms with Crippen LogP contribution in [0.15, 0.2) is 0 Å². The molecule has 0 radical (unpaired) electrons. The lowest BCUT2D eigenvalue weighted by atomic mass is 9.98. The largest absolute Gasteiger partial charge is 0.490 e. The van der Waals surface area contributed by atoms with E-state index >= 15 is 0 Å². The Morgan fingerprint density at radius 3 is 2.35 bits per heavy atom. The summed E-state index contributed by atoms with van der Waals surface area (Å²) in [6, 6.07) is 0. The van der Waals surface area contributed by atoms with Gasteiger partial charge in [-0.25, -0.2) is 0 Å². The number of hydrogen-bond donors (Lipinski definition) is 1. The van der Waals surface area contributed by atoms with E-state index in [4.69, 9.17) is 21.1 Å². The van der Waals surface area contributed by atoms with Crippen molar-refractivity contribution in [1.82, 2.24) is 0 Å². The summed E-state index contributed by atoms with van der Waals surface area (Å²) in [5.74, 6) is 1.53. The molecule has 0 aromatic heterocycles. The van der Waals surface area contributed by atoms with E-state index in [0.29, 0.717) is 5.02 Å². The summed E-state index contributed by atoms with van der Waals surface area (Å²) < 4.78 is 11.5. The number of aliphatic hydroxyl groups is 1. The van der Waals surface area contributed by atoms with Crippen molar-refractivity contribution in [3.8, 4) is 11.5 Å². The van der Waals surface area contributed by atoms with Crippen LogP contribution >= 0.6 is 11.6 Å². The van der Waals surface area contributed by atoms with Crippen molar-refractivity contribution >= 4 is 11.6 Å². The molecule has 0 fully saturated rings. The normalized spacial score (nSPS) is 25.2. The molecular weight excluding hydrogens is 240 g/mol. The van der Waals surface area contributed by atoms with Crippen molar-refractivity contribution in [2.45, 2.75) is 45.5 Å². The van der Waals surface area contributed by atoms with Crippen LogP contribution in [0.1, 0.15) is 30.5 Å². The lowest BCUT2D eigenvalue weighted by Crippen LogP contribution is -2.07. The van der Waals surface area contributed by atoms with Gasteiger partial charge in [-0.1, -0.05) is 11.6 Å². The maximum Gasteiger partial charge on any atom is 0.142 e. The molecule has 0 spiro atoms. The highest BCUT2D eigenvalue weighted by Crippen LogP contribution is 2.49. The van der Waals surface area contributed by atoms with Crippen molar-refractivity contribution in [2.75, 3.05) is 0 Å². The number of ether oxygens (including phenoxy) is 2. The Kier molecular flexibility index (Phi) is 2.49. The topological polar surface area (TPSA) is 38.7 Å². The standard InChI is InChI=1S/C13H15ClO3/c1-6-3-8-10(5-15)12-9(4-7(2)16-12)11(14)13(8)17-6/h6-7,15H,3-5H2,1-2H3. The van der Waals surface area contributed by atoms with E-state index in [9.17, 15) is 5.11 Å². The highest BCUT2D eigenvalue weighted by molar-refractivity contribution is 6.33. The number of halogens is 1. The van der Waals surface area contributed by atoms with Crippen LogP contribution in [0.5, 0.6) is 11.5 Å². The molecule has 4 heteroatoms. The molecule has 0 aliphatic carbocycles. The van der Waals surface area contributed by atoms with Crippen molar-refractivity contribution in [3.05, 3.63) is 21.7 Å². The van der Waals surface area contributed by atoms with Gasteiger partial charge < -0.3 is 14.6 Å². The first-order valence-electron chi connectivity index (χ1n) is 5.92. The van der Waals surface area contributed by atoms with Gasteiger partial charge in [0.1, 0.15) is 23.7 Å². The van der Waals surface area contributed by atoms with Gasteiger partial charge in [0, 0.05) is 29.5 Å². The van der Waals surface area contributed by atoms with Crippen LogP contribution in [0.25, 0.3) is 0 Å². The van der Waals surface area contributed by atoms with Gasteiger partial charge in [-0.3, -0.25) is 0 Å². The SMILES string of the molecule is CC1Cc2c(CO)c3c(c(Cl)c2O1)CC(C)O3. The molecule has 3 rings (SSSR count). The molecule has 1 aromatic carbocycles. The van der Waals surface area contributed by atoms with Crippen molar-refractivity contribution in [1.29, 1.82) is 0 Å². The predicted octanol–water partition coefficient (Wildman–Crippen LogP) is 2.48. The number of benzene rings is 1. The molecule has 2 atom stereocenters. The van der Waals surface area contributed by atoms with Gasteiger partial charge in [0.2, 0.25) is 0 Å². The molecule has 2 aliphatic rings. The highest BCUT2D eigenvalue weighted by atomic mass is 35.5. The Balaban J connectivity index is 2.23. The molecule has 92 valence electrons. The first-order chi connectivity index (χ1) is 8.11. The van der Waals surface area contributed by atoms with Crippen LogP contribution < -0.4 is 9.47 Å². The maximum atomic E-state index is 9.55. The monoisotopic (exact) mass is 254 g/mol. The second-order valence-electron chi connectivity index (χ2n) is 4.83. The molecule has 0 saturated heterocycles. The summed E-state index contributed by atoms with van der Waals surface area (Å²) in [5.41, 5.74) is 2.85. The van der Waals surface area contributed by atoms with E-state index < -0.39 is 0 Å². The molecule has 3 nitrogen and oxygen atoms in total. The van der Waals surface area contributed by atoms with Crippen molar-refractivity contribution in [3.63, 3.8) is 0 Å². The van der Waals surface area contributed by atoms with E-state index in [1.165, 1.54) is 0 Å². The fraction of sp³-hybridized carbons (Fsp3) is 0.538. The summed E-state index contributed by atoms with van der Waals surface area (Å²) in [6.07, 6.45) is 1.81. The third-order valence-electron chi connectivity index (χ3n) is 3.43. The fourth-order valence-corrected chi connectivity index (χ4v) is 3.04. The summed E-state index contributed by atoms with van der Waals surface area (Å²) in [7, 11) is 0. The molecule has 0 saturated carbocycles. The number of fused-ring (bicyclic) bond motifs is 2. The van der Waals surface area contributed by atoms with E-state index in [1.54, 1.807) is 0 Å². The predicted molar refractivity (Wildman–Crippen MR) is 65.0 cm³/mol. The van der Waals surface area contributed by atoms with Gasteiger partial charge in [0.05, 0.1) is 11.6 Å². The van der Waals surface area contributed by atoms with Crippen LogP contribution in [0, 0.1) is 0 Å². The molecule has 2 heterocycles. The Bertz CT molecular complexity index is 445. The van der Waals surface area contributed by atoms with Gasteiger partial charge in [-0.05, 0) is 13.8 Å². The second-order valence-corrected chi connectivity index (χ2v) is 5.21. The molecule has 0 bridgehead atoms. The smallest absolute Gasteiger partial charge is 0.142 e. The number of rotatable bonds is 1. The zero-order chi connectivity index (χ0) is 12.2. The van der Waals surface area contributed by atoms with Crippen LogP contribution in [-0.4, -0.2) is 17.3 Å². The quantitative estimate of drug-likeness (QED) is 0.837. The minimum absolute atomic E-state index is 0.0232. The molecular formula is C13H15ClO3. The molecule has 17 heavy (non-hydrogen) atoms. The summed E-state index contributed by atoms with van der Waals surface area (Å²) >= 11 is 6.37. The van der Waals surface area contributed by atoms with Gasteiger partial charge in [0.25, 0.3) is 0 Å². The van der Waals surface area contributed by atoms with E-state index in [-0.39, 0.29) is 18.8 Å². The molecule has 1 N–H and O–H groups in total. The van der Waals surface area contributed by atoms with Crippen LogP contribution in [0.2, 0.25) is 5.02 Å². The van der Waals surface area contributed by atoms with Crippen molar-refractivity contribution < 1.29 is 14.6 Å². The first kappa shape index (κ1) is 11.2. The minimum atomic E-state index is -0.0232. The average Bonchev–Trinajstić information content (AvgIpc) is 2.83. The van der Waals surface area contributed by atoms with E-state index in [0.717, 1.165) is 41.0 Å². The molecule has 1 aromatic rings. The van der Waals surface area contributed by atoms with Gasteiger partial charge in [0.15, 0.2) is 0 Å². The maximum absolute atomic E-state index is 9.55. The second kappa shape index (κ2) is 3.79. The van der Waals surface area contributed by atoms with Gasteiger partial charge in [-0.15, -0.1) is 0 Å². The van der Waals surface area contributed by atoms with Crippen molar-refractivity contribution in [2.24, 2.45) is 0 Å². The molecule has 2 unspecified atom stereocenters. The summed E-state index contributed by atoms with van der Waals surface area (Å²) in [5, 5.41) is 10.2. The lowest BCUT2D eigenvalue weighted by Gasteiger charge is -2.13. The lowest BCUT2D eigenvalue weighted by molar-refractivity contribution is 0.236. The molecule has 0 amide bonds. The van der Waals surface area contributed by atoms with Crippen LogP contribution in [-0.2, 0) is 19.4 Å². The third kappa shape index (κ3) is 1.53. The Morgan fingerprint density at radius 2 is 1.71 bits per heavy atom. The van der Waals surface area contributed by atoms with Crippen LogP contribution in [0.4, 0.5) is 0 Å². The van der Waals surface area contributed by atoms with E-state index in [1.807, 2.05) is 13.8 Å². The number of hydrogen-bond acceptors (Lipinski definition) is 3. The minimum Gasteiger partial charge on any atom is -0.490 e. The Morgan fingerprint density at radius 1 is 1.12 bits per heavy atom. The average molecular weight is 255 g/mol. The Labute approximate surface area is 105 Å². The summed E-state index contributed by atoms with van der Waals surface area (Å²) in [6.45, 7) is 3.99. The van der Waals surface area contributed by atoms with Crippen LogP contribution in [0.3, 0.4) is 0 Å². The Hall–Kier alpha value is -0.930. The third-order valence-corrected chi connectivity index (χ3v) is 3.83. The van der Waals surface area contributed by atoms with Gasteiger partial charge in [-0.2, -0.15) is 0 Å². The molecule has 2 aliphatic heterocycles. The first-order valence-corrected chi connectivity index (χ1v) is 6.29. The van der Waals surface area contributed by atoms with Gasteiger partial charge >= 0.3 is 0 Å². The zero-order valence-corrected chi connectivity index (χ0v) is 10.7. The van der Waals surface area contributed by atoms with E-state index in [2.05, 4.69) is 0 Å². The highest BCUT2D eigenvalue weighted by Gasteiger charge is 2.34.